The van der Waals surface area contributed by atoms with Crippen LogP contribution in [0.3, 0.4) is 0 Å². The lowest BCUT2D eigenvalue weighted by Gasteiger charge is -2.43. The molecular weight excluding hydrogens is 256 g/mol. The van der Waals surface area contributed by atoms with Gasteiger partial charge >= 0.3 is 0 Å². The smallest absolute Gasteiger partial charge is 0.0105 e. The third kappa shape index (κ3) is 3.02. The maximum absolute atomic E-state index is 3.55. The first-order chi connectivity index (χ1) is 10.2. The third-order valence-corrected chi connectivity index (χ3v) is 5.86. The molecule has 0 aliphatic carbocycles. The van der Waals surface area contributed by atoms with E-state index in [0.717, 1.165) is 25.2 Å². The molecule has 0 aromatic heterocycles. The van der Waals surface area contributed by atoms with Crippen molar-refractivity contribution >= 4 is 0 Å². The first-order valence-corrected chi connectivity index (χ1v) is 8.77. The van der Waals surface area contributed by atoms with Crippen LogP contribution in [0.5, 0.6) is 0 Å². The molecule has 2 aliphatic rings. The predicted molar refractivity (Wildman–Crippen MR) is 89.7 cm³/mol. The molecule has 1 aromatic rings. The van der Waals surface area contributed by atoms with Crippen molar-refractivity contribution in [1.29, 1.82) is 0 Å². The van der Waals surface area contributed by atoms with Gasteiger partial charge in [-0.15, -0.1) is 0 Å². The van der Waals surface area contributed by atoms with Crippen LogP contribution in [0.25, 0.3) is 0 Å². The fourth-order valence-electron chi connectivity index (χ4n) is 4.43. The molecule has 2 fully saturated rings. The third-order valence-electron chi connectivity index (χ3n) is 5.86. The highest BCUT2D eigenvalue weighted by atomic mass is 15.2. The largest absolute Gasteiger partial charge is 0.317 e. The Kier molecular flexibility index (Phi) is 4.66. The fourth-order valence-corrected chi connectivity index (χ4v) is 4.43. The molecule has 1 N–H and O–H groups in total. The van der Waals surface area contributed by atoms with Crippen molar-refractivity contribution in [1.82, 2.24) is 10.2 Å². The first-order valence-electron chi connectivity index (χ1n) is 8.77. The molecule has 21 heavy (non-hydrogen) atoms. The highest BCUT2D eigenvalue weighted by molar-refractivity contribution is 5.27. The zero-order valence-corrected chi connectivity index (χ0v) is 13.6. The molecule has 2 saturated heterocycles. The van der Waals surface area contributed by atoms with Crippen LogP contribution in [0.4, 0.5) is 0 Å². The van der Waals surface area contributed by atoms with Crippen LogP contribution in [0.2, 0.25) is 0 Å². The molecule has 1 aromatic carbocycles. The Morgan fingerprint density at radius 3 is 2.52 bits per heavy atom. The van der Waals surface area contributed by atoms with E-state index in [1.54, 1.807) is 5.56 Å². The van der Waals surface area contributed by atoms with Gasteiger partial charge in [0.15, 0.2) is 0 Å². The minimum atomic E-state index is 0.360. The average molecular weight is 286 g/mol. The van der Waals surface area contributed by atoms with Crippen LogP contribution >= 0.6 is 0 Å². The van der Waals surface area contributed by atoms with E-state index in [4.69, 9.17) is 0 Å². The van der Waals surface area contributed by atoms with Gasteiger partial charge in [-0.05, 0) is 57.7 Å². The van der Waals surface area contributed by atoms with Gasteiger partial charge in [-0.25, -0.2) is 0 Å². The monoisotopic (exact) mass is 286 g/mol. The van der Waals surface area contributed by atoms with Crippen LogP contribution in [-0.2, 0) is 5.41 Å². The molecule has 2 atom stereocenters. The predicted octanol–water partition coefficient (Wildman–Crippen LogP) is 3.57. The minimum Gasteiger partial charge on any atom is -0.317 e. The Hall–Kier alpha value is -0.860. The molecule has 2 nitrogen and oxygen atoms in total. The molecule has 0 bridgehead atoms. The molecule has 2 heterocycles. The van der Waals surface area contributed by atoms with Crippen molar-refractivity contribution in [2.45, 2.75) is 63.5 Å². The van der Waals surface area contributed by atoms with E-state index in [9.17, 15) is 0 Å². The number of hydrogen-bond donors (Lipinski definition) is 1. The summed E-state index contributed by atoms with van der Waals surface area (Å²) in [4.78, 5) is 2.82. The Balaban J connectivity index is 1.86. The Morgan fingerprint density at radius 2 is 1.86 bits per heavy atom. The second kappa shape index (κ2) is 6.50. The van der Waals surface area contributed by atoms with Crippen molar-refractivity contribution in [2.75, 3.05) is 19.6 Å². The molecule has 0 spiro atoms. The molecule has 2 aliphatic heterocycles. The number of benzene rings is 1. The summed E-state index contributed by atoms with van der Waals surface area (Å²) in [6.07, 6.45) is 6.61. The van der Waals surface area contributed by atoms with Gasteiger partial charge in [0.05, 0.1) is 0 Å². The van der Waals surface area contributed by atoms with E-state index in [2.05, 4.69) is 54.4 Å². The second-order valence-electron chi connectivity index (χ2n) is 7.06. The minimum absolute atomic E-state index is 0.360. The van der Waals surface area contributed by atoms with Crippen LogP contribution in [-0.4, -0.2) is 36.6 Å². The zero-order valence-electron chi connectivity index (χ0n) is 13.6. The van der Waals surface area contributed by atoms with Crippen LogP contribution in [0.15, 0.2) is 30.3 Å². The first kappa shape index (κ1) is 15.1. The molecule has 0 amide bonds. The second-order valence-corrected chi connectivity index (χ2v) is 7.06. The van der Waals surface area contributed by atoms with Gasteiger partial charge in [0.2, 0.25) is 0 Å². The normalized spacial score (nSPS) is 29.6. The van der Waals surface area contributed by atoms with Gasteiger partial charge < -0.3 is 5.32 Å². The number of nitrogens with one attached hydrogen (secondary N) is 1. The van der Waals surface area contributed by atoms with Crippen molar-refractivity contribution in [3.05, 3.63) is 35.9 Å². The summed E-state index contributed by atoms with van der Waals surface area (Å²) in [6.45, 7) is 8.35. The number of nitrogens with zero attached hydrogens (tertiary/aromatic N) is 1. The summed E-state index contributed by atoms with van der Waals surface area (Å²) in [5.74, 6) is 0. The molecule has 0 radical (unpaired) electrons. The van der Waals surface area contributed by atoms with E-state index < -0.39 is 0 Å². The summed E-state index contributed by atoms with van der Waals surface area (Å²) < 4.78 is 0. The van der Waals surface area contributed by atoms with Gasteiger partial charge in [0, 0.05) is 24.0 Å². The summed E-state index contributed by atoms with van der Waals surface area (Å²) in [5.41, 5.74) is 1.92. The van der Waals surface area contributed by atoms with Crippen molar-refractivity contribution < 1.29 is 0 Å². The summed E-state index contributed by atoms with van der Waals surface area (Å²) in [6, 6.07) is 12.8. The van der Waals surface area contributed by atoms with Gasteiger partial charge in [0.25, 0.3) is 0 Å². The summed E-state index contributed by atoms with van der Waals surface area (Å²) in [7, 11) is 0. The van der Waals surface area contributed by atoms with Gasteiger partial charge in [0.1, 0.15) is 0 Å². The quantitative estimate of drug-likeness (QED) is 0.910. The van der Waals surface area contributed by atoms with Crippen LogP contribution in [0, 0.1) is 0 Å². The SMILES string of the molecule is CCC1CCC(C)N1CC1(c2ccccc2)CCNCC1. The number of rotatable bonds is 4. The van der Waals surface area contributed by atoms with E-state index in [0.29, 0.717) is 5.41 Å². The summed E-state index contributed by atoms with van der Waals surface area (Å²) >= 11 is 0. The van der Waals surface area contributed by atoms with E-state index >= 15 is 0 Å². The molecule has 0 saturated carbocycles. The maximum Gasteiger partial charge on any atom is 0.0105 e. The van der Waals surface area contributed by atoms with Crippen molar-refractivity contribution in [3.63, 3.8) is 0 Å². The zero-order chi connectivity index (χ0) is 14.7. The lowest BCUT2D eigenvalue weighted by atomic mass is 9.72. The van der Waals surface area contributed by atoms with Crippen molar-refractivity contribution in [3.8, 4) is 0 Å². The van der Waals surface area contributed by atoms with Crippen molar-refractivity contribution in [2.24, 2.45) is 0 Å². The maximum atomic E-state index is 3.55. The molecule has 3 rings (SSSR count). The highest BCUT2D eigenvalue weighted by Gasteiger charge is 2.40. The number of likely N-dealkylation sites (tertiary alicyclic amines) is 1. The summed E-state index contributed by atoms with van der Waals surface area (Å²) in [5, 5.41) is 3.55. The van der Waals surface area contributed by atoms with E-state index in [-0.39, 0.29) is 0 Å². The Bertz CT molecular complexity index is 436. The topological polar surface area (TPSA) is 15.3 Å². The standard InChI is InChI=1S/C19H30N2/c1-3-18-10-9-16(2)21(18)15-19(11-13-20-14-12-19)17-7-5-4-6-8-17/h4-8,16,18,20H,3,9-15H2,1-2H3. The number of piperidine rings is 1. The highest BCUT2D eigenvalue weighted by Crippen LogP contribution is 2.38. The Labute approximate surface area is 129 Å². The molecule has 2 heteroatoms. The lowest BCUT2D eigenvalue weighted by Crippen LogP contribution is -2.50. The molecular formula is C19H30N2. The van der Waals surface area contributed by atoms with Gasteiger partial charge in [-0.3, -0.25) is 4.90 Å². The van der Waals surface area contributed by atoms with E-state index in [1.165, 1.54) is 38.6 Å². The van der Waals surface area contributed by atoms with Crippen LogP contribution < -0.4 is 5.32 Å². The Morgan fingerprint density at radius 1 is 1.14 bits per heavy atom. The van der Waals surface area contributed by atoms with Gasteiger partial charge in [-0.1, -0.05) is 37.3 Å². The fraction of sp³-hybridized carbons (Fsp3) is 0.684. The molecule has 116 valence electrons. The van der Waals surface area contributed by atoms with E-state index in [1.807, 2.05) is 0 Å². The van der Waals surface area contributed by atoms with Gasteiger partial charge in [-0.2, -0.15) is 0 Å². The number of hydrogen-bond acceptors (Lipinski definition) is 2. The molecule has 2 unspecified atom stereocenters. The average Bonchev–Trinajstić information content (AvgIpc) is 2.89. The van der Waals surface area contributed by atoms with Crippen LogP contribution in [0.1, 0.15) is 51.5 Å². The lowest BCUT2D eigenvalue weighted by molar-refractivity contribution is 0.129.